The number of rotatable bonds is 17. The number of carbonyl (C=O) groups is 6. The van der Waals surface area contributed by atoms with Crippen LogP contribution in [0.2, 0.25) is 0 Å². The van der Waals surface area contributed by atoms with Gasteiger partial charge in [-0.3, -0.25) is 29.0 Å². The average Bonchev–Trinajstić information content (AvgIpc) is 2.76. The number of aliphatic hydroxyl groups is 1. The van der Waals surface area contributed by atoms with E-state index in [-0.39, 0.29) is 38.2 Å². The molecule has 0 fully saturated rings. The van der Waals surface area contributed by atoms with E-state index in [9.17, 15) is 39.0 Å². The Bertz CT molecular complexity index is 816. The average molecular weight is 505 g/mol. The third-order valence-electron chi connectivity index (χ3n) is 4.43. The van der Waals surface area contributed by atoms with Crippen LogP contribution in [0.5, 0.6) is 0 Å². The number of carbonyl (C=O) groups excluding carboxylic acids is 4. The topological polar surface area (TPSA) is 316 Å². The van der Waals surface area contributed by atoms with Crippen molar-refractivity contribution in [2.24, 2.45) is 27.9 Å². The fourth-order valence-corrected chi connectivity index (χ4v) is 2.59. The number of primary amides is 1. The highest BCUT2D eigenvalue weighted by molar-refractivity contribution is 5.95. The number of nitrogens with two attached hydrogens (primary N) is 4. The van der Waals surface area contributed by atoms with Gasteiger partial charge in [0.25, 0.3) is 0 Å². The van der Waals surface area contributed by atoms with Gasteiger partial charge in [0.2, 0.25) is 23.6 Å². The molecule has 17 nitrogen and oxygen atoms in total. The number of aliphatic hydroxyl groups excluding tert-OH is 1. The number of carboxylic acids is 2. The molecule has 198 valence electrons. The number of guanidine groups is 1. The Hall–Kier alpha value is -3.99. The number of hydrogen-bond acceptors (Lipinski definition) is 9. The van der Waals surface area contributed by atoms with Crippen LogP contribution in [0.3, 0.4) is 0 Å². The summed E-state index contributed by atoms with van der Waals surface area (Å²) < 4.78 is 0. The van der Waals surface area contributed by atoms with Crippen molar-refractivity contribution in [3.8, 4) is 0 Å². The second-order valence-electron chi connectivity index (χ2n) is 7.36. The molecular weight excluding hydrogens is 472 g/mol. The lowest BCUT2D eigenvalue weighted by molar-refractivity contribution is -0.143. The SMILES string of the molecule is NC(=O)CCC(N)C(=O)NC(CC(=O)O)C(=O)NC(CO)C(=O)NC(CCCN=C(N)N)C(=O)O. The van der Waals surface area contributed by atoms with Gasteiger partial charge in [-0.15, -0.1) is 0 Å². The highest BCUT2D eigenvalue weighted by Crippen LogP contribution is 2.02. The zero-order valence-electron chi connectivity index (χ0n) is 18.8. The summed E-state index contributed by atoms with van der Waals surface area (Å²) in [5, 5.41) is 34.1. The van der Waals surface area contributed by atoms with E-state index in [1.165, 1.54) is 0 Å². The van der Waals surface area contributed by atoms with Gasteiger partial charge in [-0.1, -0.05) is 0 Å². The summed E-state index contributed by atoms with van der Waals surface area (Å²) >= 11 is 0. The monoisotopic (exact) mass is 504 g/mol. The highest BCUT2D eigenvalue weighted by atomic mass is 16.4. The molecule has 0 saturated carbocycles. The van der Waals surface area contributed by atoms with Crippen molar-refractivity contribution in [1.82, 2.24) is 16.0 Å². The second kappa shape index (κ2) is 15.8. The van der Waals surface area contributed by atoms with Gasteiger partial charge in [0, 0.05) is 13.0 Å². The quantitative estimate of drug-likeness (QED) is 0.0504. The van der Waals surface area contributed by atoms with E-state index in [1.54, 1.807) is 0 Å². The molecule has 0 aliphatic heterocycles. The van der Waals surface area contributed by atoms with Crippen molar-refractivity contribution in [3.05, 3.63) is 0 Å². The van der Waals surface area contributed by atoms with Crippen LogP contribution >= 0.6 is 0 Å². The molecule has 0 saturated heterocycles. The van der Waals surface area contributed by atoms with Gasteiger partial charge < -0.3 is 54.2 Å². The first-order chi connectivity index (χ1) is 16.3. The van der Waals surface area contributed by atoms with Crippen molar-refractivity contribution in [2.75, 3.05) is 13.2 Å². The molecular formula is C18H32N8O9. The van der Waals surface area contributed by atoms with Crippen molar-refractivity contribution in [2.45, 2.75) is 56.3 Å². The minimum Gasteiger partial charge on any atom is -0.481 e. The number of nitrogens with zero attached hydrogens (tertiary/aromatic N) is 1. The van der Waals surface area contributed by atoms with E-state index < -0.39 is 72.8 Å². The molecule has 35 heavy (non-hydrogen) atoms. The molecule has 0 aromatic heterocycles. The molecule has 0 heterocycles. The Labute approximate surface area is 199 Å². The third kappa shape index (κ3) is 13.3. The fraction of sp³-hybridized carbons (Fsp3) is 0.611. The Morgan fingerprint density at radius 1 is 0.800 bits per heavy atom. The van der Waals surface area contributed by atoms with Gasteiger partial charge in [-0.25, -0.2) is 4.79 Å². The van der Waals surface area contributed by atoms with Gasteiger partial charge in [0.15, 0.2) is 5.96 Å². The first-order valence-corrected chi connectivity index (χ1v) is 10.3. The van der Waals surface area contributed by atoms with E-state index in [4.69, 9.17) is 28.0 Å². The van der Waals surface area contributed by atoms with E-state index in [2.05, 4.69) is 20.9 Å². The van der Waals surface area contributed by atoms with Crippen molar-refractivity contribution < 1.29 is 44.1 Å². The molecule has 4 unspecified atom stereocenters. The van der Waals surface area contributed by atoms with Crippen LogP contribution in [0.1, 0.15) is 32.1 Å². The largest absolute Gasteiger partial charge is 0.481 e. The van der Waals surface area contributed by atoms with Crippen molar-refractivity contribution in [3.63, 3.8) is 0 Å². The molecule has 0 aromatic carbocycles. The lowest BCUT2D eigenvalue weighted by Gasteiger charge is -2.23. The lowest BCUT2D eigenvalue weighted by atomic mass is 10.1. The van der Waals surface area contributed by atoms with Crippen LogP contribution in [-0.2, 0) is 28.8 Å². The Balaban J connectivity index is 5.20. The maximum absolute atomic E-state index is 12.5. The molecule has 0 spiro atoms. The zero-order valence-corrected chi connectivity index (χ0v) is 18.8. The Kier molecular flexibility index (Phi) is 14.0. The van der Waals surface area contributed by atoms with Crippen molar-refractivity contribution in [1.29, 1.82) is 0 Å². The zero-order chi connectivity index (χ0) is 27.1. The maximum atomic E-state index is 12.5. The summed E-state index contributed by atoms with van der Waals surface area (Å²) in [7, 11) is 0. The number of amides is 4. The maximum Gasteiger partial charge on any atom is 0.326 e. The normalized spacial score (nSPS) is 13.9. The minimum absolute atomic E-state index is 0.0785. The number of hydrogen-bond donors (Lipinski definition) is 10. The molecule has 0 radical (unpaired) electrons. The molecule has 0 aromatic rings. The third-order valence-corrected chi connectivity index (χ3v) is 4.43. The van der Waals surface area contributed by atoms with Crippen LogP contribution < -0.4 is 38.9 Å². The number of carboxylic acid groups (broad SMARTS) is 2. The summed E-state index contributed by atoms with van der Waals surface area (Å²) in [6.07, 6.45) is -1.18. The fourth-order valence-electron chi connectivity index (χ4n) is 2.59. The van der Waals surface area contributed by atoms with E-state index in [0.717, 1.165) is 0 Å². The molecule has 4 atom stereocenters. The van der Waals surface area contributed by atoms with Crippen LogP contribution in [0.25, 0.3) is 0 Å². The van der Waals surface area contributed by atoms with Crippen LogP contribution in [0.15, 0.2) is 4.99 Å². The summed E-state index contributed by atoms with van der Waals surface area (Å²) in [5.74, 6) is -6.98. The van der Waals surface area contributed by atoms with Gasteiger partial charge in [0.05, 0.1) is 19.1 Å². The van der Waals surface area contributed by atoms with E-state index in [1.807, 2.05) is 0 Å². The molecule has 0 rings (SSSR count). The highest BCUT2D eigenvalue weighted by Gasteiger charge is 2.31. The Morgan fingerprint density at radius 2 is 1.34 bits per heavy atom. The van der Waals surface area contributed by atoms with Gasteiger partial charge >= 0.3 is 11.9 Å². The number of aliphatic carboxylic acids is 2. The predicted octanol–water partition coefficient (Wildman–Crippen LogP) is -5.36. The van der Waals surface area contributed by atoms with Gasteiger partial charge in [-0.2, -0.15) is 0 Å². The molecule has 0 aliphatic carbocycles. The minimum atomic E-state index is -1.70. The van der Waals surface area contributed by atoms with Crippen LogP contribution in [-0.4, -0.2) is 94.2 Å². The predicted molar refractivity (Wildman–Crippen MR) is 119 cm³/mol. The number of aliphatic imine (C=N–C) groups is 1. The van der Waals surface area contributed by atoms with Crippen molar-refractivity contribution >= 4 is 41.5 Å². The molecule has 0 aliphatic rings. The Morgan fingerprint density at radius 3 is 1.83 bits per heavy atom. The van der Waals surface area contributed by atoms with Gasteiger partial charge in [-0.05, 0) is 19.3 Å². The molecule has 0 bridgehead atoms. The standard InChI is InChI=1S/C18H32N8O9/c19-8(3-4-12(20)28)14(31)25-10(6-13(29)30)15(32)26-11(7-27)16(33)24-9(17(34)35)2-1-5-23-18(21)22/h8-11,27H,1-7,19H2,(H2,20,28)(H,24,33)(H,25,31)(H,26,32)(H,29,30)(H,34,35)(H4,21,22,23). The first kappa shape index (κ1) is 31.0. The van der Waals surface area contributed by atoms with Crippen LogP contribution in [0.4, 0.5) is 0 Å². The lowest BCUT2D eigenvalue weighted by Crippen LogP contribution is -2.58. The van der Waals surface area contributed by atoms with Crippen LogP contribution in [0, 0.1) is 0 Å². The van der Waals surface area contributed by atoms with Gasteiger partial charge in [0.1, 0.15) is 18.1 Å². The summed E-state index contributed by atoms with van der Waals surface area (Å²) in [6.45, 7) is -0.871. The summed E-state index contributed by atoms with van der Waals surface area (Å²) in [5.41, 5.74) is 20.9. The first-order valence-electron chi connectivity index (χ1n) is 10.3. The van der Waals surface area contributed by atoms with E-state index >= 15 is 0 Å². The molecule has 17 heteroatoms. The smallest absolute Gasteiger partial charge is 0.326 e. The molecule has 14 N–H and O–H groups in total. The van der Waals surface area contributed by atoms with E-state index in [0.29, 0.717) is 0 Å². The summed E-state index contributed by atoms with van der Waals surface area (Å²) in [6, 6.07) is -6.05. The second-order valence-corrected chi connectivity index (χ2v) is 7.36. The number of nitrogens with one attached hydrogen (secondary N) is 3. The molecule has 4 amide bonds. The summed E-state index contributed by atoms with van der Waals surface area (Å²) in [4.78, 5) is 74.1.